The van der Waals surface area contributed by atoms with E-state index in [4.69, 9.17) is 24.4 Å². The zero-order valence-corrected chi connectivity index (χ0v) is 25.5. The molecule has 0 radical (unpaired) electrons. The Kier molecular flexibility index (Phi) is 13.5. The van der Waals surface area contributed by atoms with Gasteiger partial charge in [-0.1, -0.05) is 30.3 Å². The van der Waals surface area contributed by atoms with Crippen molar-refractivity contribution in [2.75, 3.05) is 57.9 Å². The van der Waals surface area contributed by atoms with Crippen molar-refractivity contribution in [1.29, 1.82) is 0 Å². The fourth-order valence-corrected chi connectivity index (χ4v) is 5.05. The van der Waals surface area contributed by atoms with Gasteiger partial charge in [0, 0.05) is 64.4 Å². The first kappa shape index (κ1) is 34.7. The van der Waals surface area contributed by atoms with Gasteiger partial charge in [-0.3, -0.25) is 19.2 Å². The maximum Gasteiger partial charge on any atom is 0.409 e. The number of carboxylic acids is 1. The molecule has 3 N–H and O–H groups in total. The number of ether oxygens (including phenoxy) is 2. The molecule has 45 heavy (non-hydrogen) atoms. The molecule has 1 aromatic heterocycles. The molecule has 15 heteroatoms. The van der Waals surface area contributed by atoms with Crippen molar-refractivity contribution in [1.82, 2.24) is 25.1 Å². The van der Waals surface area contributed by atoms with Crippen LogP contribution in [0.15, 0.2) is 36.4 Å². The van der Waals surface area contributed by atoms with Gasteiger partial charge in [-0.15, -0.1) is 0 Å². The summed E-state index contributed by atoms with van der Waals surface area (Å²) in [5.41, 5.74) is 0.811. The van der Waals surface area contributed by atoms with Crippen LogP contribution in [0, 0.1) is 0 Å². The SMILES string of the molecule is CCOC(=O)N1CCN(C(=O)C(CCC(=O)O)NC(=O)c2cc(N3CCC(OC)CC3)nc(-c3ccccc3)n2)CC1.O=CO. The number of hydrogen-bond donors (Lipinski definition) is 3. The molecule has 0 bridgehead atoms. The van der Waals surface area contributed by atoms with E-state index in [1.165, 1.54) is 9.80 Å². The van der Waals surface area contributed by atoms with Gasteiger partial charge in [-0.2, -0.15) is 0 Å². The Morgan fingerprint density at radius 1 is 1.02 bits per heavy atom. The Balaban J connectivity index is 0.00000177. The maximum absolute atomic E-state index is 13.6. The number of nitrogens with zero attached hydrogens (tertiary/aromatic N) is 5. The van der Waals surface area contributed by atoms with E-state index in [2.05, 4.69) is 15.2 Å². The summed E-state index contributed by atoms with van der Waals surface area (Å²) in [5.74, 6) is -1.13. The lowest BCUT2D eigenvalue weighted by Gasteiger charge is -2.36. The van der Waals surface area contributed by atoms with E-state index in [1.807, 2.05) is 30.3 Å². The predicted octanol–water partition coefficient (Wildman–Crippen LogP) is 1.72. The lowest BCUT2D eigenvalue weighted by molar-refractivity contribution is -0.138. The number of rotatable bonds is 10. The summed E-state index contributed by atoms with van der Waals surface area (Å²) in [5, 5.41) is 18.9. The summed E-state index contributed by atoms with van der Waals surface area (Å²) < 4.78 is 10.5. The molecule has 3 heterocycles. The number of piperazine rings is 1. The van der Waals surface area contributed by atoms with E-state index in [1.54, 1.807) is 20.1 Å². The van der Waals surface area contributed by atoms with E-state index >= 15 is 0 Å². The fourth-order valence-electron chi connectivity index (χ4n) is 5.05. The average Bonchev–Trinajstić information content (AvgIpc) is 3.07. The van der Waals surface area contributed by atoms with Crippen LogP contribution >= 0.6 is 0 Å². The highest BCUT2D eigenvalue weighted by atomic mass is 16.6. The number of carbonyl (C=O) groups is 5. The Labute approximate surface area is 261 Å². The Bertz CT molecular complexity index is 1300. The quantitative estimate of drug-likeness (QED) is 0.323. The molecule has 0 saturated carbocycles. The van der Waals surface area contributed by atoms with Gasteiger partial charge >= 0.3 is 12.1 Å². The van der Waals surface area contributed by atoms with E-state index < -0.39 is 29.9 Å². The molecule has 244 valence electrons. The van der Waals surface area contributed by atoms with Crippen molar-refractivity contribution in [3.8, 4) is 11.4 Å². The second-order valence-electron chi connectivity index (χ2n) is 10.3. The third-order valence-corrected chi connectivity index (χ3v) is 7.44. The number of methoxy groups -OCH3 is 1. The molecule has 2 saturated heterocycles. The Hall–Kier alpha value is -4.79. The number of aromatic nitrogens is 2. The van der Waals surface area contributed by atoms with Gasteiger partial charge in [-0.05, 0) is 26.2 Å². The number of aliphatic carboxylic acids is 1. The van der Waals surface area contributed by atoms with Crippen molar-refractivity contribution >= 4 is 36.2 Å². The summed E-state index contributed by atoms with van der Waals surface area (Å²) in [6, 6.07) is 9.82. The van der Waals surface area contributed by atoms with Gasteiger partial charge in [0.1, 0.15) is 17.6 Å². The molecular formula is C30H40N6O9. The van der Waals surface area contributed by atoms with Crippen molar-refractivity contribution in [3.63, 3.8) is 0 Å². The first-order valence-corrected chi connectivity index (χ1v) is 14.7. The van der Waals surface area contributed by atoms with Gasteiger partial charge in [-0.25, -0.2) is 14.8 Å². The Morgan fingerprint density at radius 2 is 1.64 bits per heavy atom. The summed E-state index contributed by atoms with van der Waals surface area (Å²) in [6.45, 7) is 4.15. The van der Waals surface area contributed by atoms with Crippen LogP contribution < -0.4 is 10.2 Å². The molecule has 3 amide bonds. The topological polar surface area (TPSA) is 192 Å². The third-order valence-electron chi connectivity index (χ3n) is 7.44. The molecule has 15 nitrogen and oxygen atoms in total. The van der Waals surface area contributed by atoms with E-state index in [0.29, 0.717) is 24.7 Å². The number of carbonyl (C=O) groups excluding carboxylic acids is 3. The smallest absolute Gasteiger partial charge is 0.409 e. The zero-order chi connectivity index (χ0) is 32.8. The van der Waals surface area contributed by atoms with Crippen molar-refractivity contribution in [3.05, 3.63) is 42.1 Å². The van der Waals surface area contributed by atoms with Gasteiger partial charge < -0.3 is 39.7 Å². The van der Waals surface area contributed by atoms with Crippen molar-refractivity contribution in [2.45, 2.75) is 44.8 Å². The van der Waals surface area contributed by atoms with Gasteiger partial charge in [0.05, 0.1) is 12.7 Å². The van der Waals surface area contributed by atoms with Crippen LogP contribution in [0.25, 0.3) is 11.4 Å². The highest BCUT2D eigenvalue weighted by Crippen LogP contribution is 2.24. The minimum Gasteiger partial charge on any atom is -0.483 e. The summed E-state index contributed by atoms with van der Waals surface area (Å²) >= 11 is 0. The number of hydrogen-bond acceptors (Lipinski definition) is 10. The minimum atomic E-state index is -1.08. The molecular weight excluding hydrogens is 588 g/mol. The number of nitrogens with one attached hydrogen (secondary N) is 1. The number of carboxylic acid groups (broad SMARTS) is 2. The minimum absolute atomic E-state index is 0.0768. The monoisotopic (exact) mass is 628 g/mol. The van der Waals surface area contributed by atoms with Crippen LogP contribution in [-0.2, 0) is 23.9 Å². The maximum atomic E-state index is 13.6. The third kappa shape index (κ3) is 10.1. The molecule has 2 aromatic rings. The van der Waals surface area contributed by atoms with Gasteiger partial charge in [0.15, 0.2) is 5.82 Å². The molecule has 2 aliphatic rings. The molecule has 2 aliphatic heterocycles. The summed E-state index contributed by atoms with van der Waals surface area (Å²) in [6.07, 6.45) is 0.959. The predicted molar refractivity (Wildman–Crippen MR) is 162 cm³/mol. The van der Waals surface area contributed by atoms with Crippen LogP contribution in [0.5, 0.6) is 0 Å². The normalized spacial score (nSPS) is 15.7. The zero-order valence-electron chi connectivity index (χ0n) is 25.5. The molecule has 2 fully saturated rings. The lowest BCUT2D eigenvalue weighted by Crippen LogP contribution is -2.56. The highest BCUT2D eigenvalue weighted by Gasteiger charge is 2.31. The van der Waals surface area contributed by atoms with Crippen molar-refractivity contribution < 1.29 is 43.7 Å². The standard InChI is InChI=1S/C29H38N6O7.CH2O2/c1-3-42-29(40)35-17-15-34(16-18-35)28(39)22(9-10-25(36)37)31-27(38)23-19-24(33-13-11-21(41-2)12-14-33)32-26(30-23)20-7-5-4-6-8-20;2-1-3/h4-8,19,21-22H,3,9-18H2,1-2H3,(H,31,38)(H,36,37);1H,(H,2,3). The molecule has 0 spiro atoms. The molecule has 1 atom stereocenters. The van der Waals surface area contributed by atoms with Crippen LogP contribution in [0.1, 0.15) is 43.1 Å². The Morgan fingerprint density at radius 3 is 2.22 bits per heavy atom. The van der Waals surface area contributed by atoms with E-state index in [9.17, 15) is 24.3 Å². The van der Waals surface area contributed by atoms with Gasteiger partial charge in [0.25, 0.3) is 12.4 Å². The number of piperidine rings is 1. The molecule has 4 rings (SSSR count). The second kappa shape index (κ2) is 17.5. The lowest BCUT2D eigenvalue weighted by atomic mass is 10.1. The fraction of sp³-hybridized carbons (Fsp3) is 0.500. The molecule has 0 aliphatic carbocycles. The van der Waals surface area contributed by atoms with Crippen LogP contribution in [0.4, 0.5) is 10.6 Å². The van der Waals surface area contributed by atoms with Gasteiger partial charge in [0.2, 0.25) is 5.91 Å². The molecule has 1 aromatic carbocycles. The summed E-state index contributed by atoms with van der Waals surface area (Å²) in [7, 11) is 1.70. The first-order chi connectivity index (χ1) is 21.7. The average molecular weight is 629 g/mol. The van der Waals surface area contributed by atoms with Crippen LogP contribution in [0.3, 0.4) is 0 Å². The summed E-state index contributed by atoms with van der Waals surface area (Å²) in [4.78, 5) is 73.2. The number of benzene rings is 1. The first-order valence-electron chi connectivity index (χ1n) is 14.7. The van der Waals surface area contributed by atoms with E-state index in [-0.39, 0.29) is 63.9 Å². The number of anilines is 1. The van der Waals surface area contributed by atoms with Crippen LogP contribution in [-0.4, -0.2) is 125 Å². The van der Waals surface area contributed by atoms with E-state index in [0.717, 1.165) is 18.4 Å². The number of amides is 3. The van der Waals surface area contributed by atoms with Crippen molar-refractivity contribution in [2.24, 2.45) is 0 Å². The molecule has 1 unspecified atom stereocenters. The highest BCUT2D eigenvalue weighted by molar-refractivity contribution is 5.97. The second-order valence-corrected chi connectivity index (χ2v) is 10.3. The van der Waals surface area contributed by atoms with Crippen LogP contribution in [0.2, 0.25) is 0 Å². The largest absolute Gasteiger partial charge is 0.483 e.